The Kier molecular flexibility index (Phi) is 5.45. The number of nitrogens with zero attached hydrogens (tertiary/aromatic N) is 2. The highest BCUT2D eigenvalue weighted by atomic mass is 32.2. The number of carbonyl (C=O) groups is 2. The number of carbonyl (C=O) groups excluding carboxylic acids is 2. The molecule has 0 aromatic heterocycles. The Morgan fingerprint density at radius 1 is 1.39 bits per heavy atom. The number of hydrogen-bond donors (Lipinski definition) is 0. The minimum Gasteiger partial charge on any atom is -0.550 e. The van der Waals surface area contributed by atoms with Gasteiger partial charge in [-0.25, -0.2) is 0 Å². The molecule has 0 saturated carbocycles. The Balaban J connectivity index is 2.19. The zero-order valence-electron chi connectivity index (χ0n) is 11.8. The van der Waals surface area contributed by atoms with Crippen molar-refractivity contribution < 1.29 is 19.6 Å². The summed E-state index contributed by atoms with van der Waals surface area (Å²) >= 11 is 6.14. The van der Waals surface area contributed by atoms with Gasteiger partial charge in [-0.15, -0.1) is 0 Å². The first-order chi connectivity index (χ1) is 10.9. The maximum absolute atomic E-state index is 12.3. The zero-order valence-corrected chi connectivity index (χ0v) is 13.4. The van der Waals surface area contributed by atoms with E-state index in [9.17, 15) is 24.8 Å². The van der Waals surface area contributed by atoms with Crippen LogP contribution in [0.4, 0.5) is 5.69 Å². The van der Waals surface area contributed by atoms with E-state index in [1.165, 1.54) is 17.0 Å². The number of carboxylic acid groups (broad SMARTS) is 1. The van der Waals surface area contributed by atoms with E-state index < -0.39 is 10.9 Å². The van der Waals surface area contributed by atoms with E-state index in [1.807, 2.05) is 0 Å². The lowest BCUT2D eigenvalue weighted by Crippen LogP contribution is -2.30. The molecule has 0 atom stereocenters. The fourth-order valence-electron chi connectivity index (χ4n) is 1.99. The van der Waals surface area contributed by atoms with Crippen LogP contribution in [0.15, 0.2) is 29.2 Å². The monoisotopic (exact) mass is 351 g/mol. The summed E-state index contributed by atoms with van der Waals surface area (Å²) in [5.74, 6) is -1.57. The van der Waals surface area contributed by atoms with Gasteiger partial charge < -0.3 is 9.90 Å². The SMILES string of the molecule is O=C([O-])CCCN1C(=O)/C(=C/c2ccccc2[N+](=O)[O-])SC1=S. The van der Waals surface area contributed by atoms with Crippen molar-refractivity contribution >= 4 is 51.9 Å². The highest BCUT2D eigenvalue weighted by molar-refractivity contribution is 8.26. The molecule has 23 heavy (non-hydrogen) atoms. The third-order valence-electron chi connectivity index (χ3n) is 3.06. The number of thiocarbonyl (C=S) groups is 1. The highest BCUT2D eigenvalue weighted by Crippen LogP contribution is 2.34. The normalized spacial score (nSPS) is 16.2. The number of nitro benzene ring substituents is 1. The van der Waals surface area contributed by atoms with Crippen molar-refractivity contribution in [2.75, 3.05) is 6.54 Å². The molecule has 0 unspecified atom stereocenters. The van der Waals surface area contributed by atoms with Crippen LogP contribution in [-0.4, -0.2) is 32.6 Å². The molecule has 1 amide bonds. The lowest BCUT2D eigenvalue weighted by atomic mass is 10.1. The van der Waals surface area contributed by atoms with Crippen LogP contribution in [0, 0.1) is 10.1 Å². The van der Waals surface area contributed by atoms with Crippen LogP contribution in [0.2, 0.25) is 0 Å². The number of para-hydroxylation sites is 1. The van der Waals surface area contributed by atoms with Gasteiger partial charge in [0.25, 0.3) is 11.6 Å². The molecule has 1 aromatic rings. The van der Waals surface area contributed by atoms with E-state index in [2.05, 4.69) is 0 Å². The van der Waals surface area contributed by atoms with Gasteiger partial charge in [-0.3, -0.25) is 19.8 Å². The number of carboxylic acids is 1. The van der Waals surface area contributed by atoms with Crippen molar-refractivity contribution in [3.63, 3.8) is 0 Å². The predicted octanol–water partition coefficient (Wildman–Crippen LogP) is 1.33. The molecule has 0 N–H and O–H groups in total. The number of nitro groups is 1. The van der Waals surface area contributed by atoms with Crippen molar-refractivity contribution in [1.29, 1.82) is 0 Å². The Morgan fingerprint density at radius 2 is 2.09 bits per heavy atom. The number of aliphatic carboxylic acids is 1. The maximum atomic E-state index is 12.3. The van der Waals surface area contributed by atoms with Crippen molar-refractivity contribution in [1.82, 2.24) is 4.90 Å². The van der Waals surface area contributed by atoms with E-state index in [0.717, 1.165) is 11.8 Å². The van der Waals surface area contributed by atoms with Crippen LogP contribution in [0.25, 0.3) is 6.08 Å². The van der Waals surface area contributed by atoms with Crippen LogP contribution in [0.1, 0.15) is 18.4 Å². The average molecular weight is 351 g/mol. The fraction of sp³-hybridized carbons (Fsp3) is 0.214. The van der Waals surface area contributed by atoms with Gasteiger partial charge in [0.05, 0.1) is 15.4 Å². The molecule has 1 aliphatic rings. The Hall–Kier alpha value is -2.26. The minimum absolute atomic E-state index is 0.102. The molecule has 1 aliphatic heterocycles. The number of rotatable bonds is 6. The van der Waals surface area contributed by atoms with Crippen LogP contribution in [0.5, 0.6) is 0 Å². The molecule has 0 radical (unpaired) electrons. The summed E-state index contributed by atoms with van der Waals surface area (Å²) in [7, 11) is 0. The smallest absolute Gasteiger partial charge is 0.276 e. The molecule has 7 nitrogen and oxygen atoms in total. The summed E-state index contributed by atoms with van der Waals surface area (Å²) in [4.78, 5) is 34.8. The largest absolute Gasteiger partial charge is 0.550 e. The van der Waals surface area contributed by atoms with Gasteiger partial charge >= 0.3 is 0 Å². The van der Waals surface area contributed by atoms with Crippen molar-refractivity contribution in [3.8, 4) is 0 Å². The molecule has 1 heterocycles. The first kappa shape index (κ1) is 17.1. The predicted molar refractivity (Wildman–Crippen MR) is 87.2 cm³/mol. The highest BCUT2D eigenvalue weighted by Gasteiger charge is 2.32. The van der Waals surface area contributed by atoms with Crippen LogP contribution < -0.4 is 5.11 Å². The summed E-state index contributed by atoms with van der Waals surface area (Å²) in [6.45, 7) is 0.173. The molecule has 1 fully saturated rings. The quantitative estimate of drug-likeness (QED) is 0.329. The molecular weight excluding hydrogens is 340 g/mol. The molecule has 120 valence electrons. The molecule has 1 aromatic carbocycles. The number of amides is 1. The number of thioether (sulfide) groups is 1. The standard InChI is InChI=1S/C14H12N2O5S2/c17-12(18)6-3-7-15-13(19)11(23-14(15)22)8-9-4-1-2-5-10(9)16(20)21/h1-2,4-5,8H,3,6-7H2,(H,17,18)/p-1/b11-8-. The summed E-state index contributed by atoms with van der Waals surface area (Å²) in [6, 6.07) is 6.08. The van der Waals surface area contributed by atoms with Gasteiger partial charge in [0.15, 0.2) is 0 Å². The molecule has 0 aliphatic carbocycles. The van der Waals surface area contributed by atoms with Crippen molar-refractivity contribution in [3.05, 3.63) is 44.8 Å². The third kappa shape index (κ3) is 4.14. The summed E-state index contributed by atoms with van der Waals surface area (Å²) in [5, 5.41) is 21.4. The van der Waals surface area contributed by atoms with Gasteiger partial charge in [0.1, 0.15) is 4.32 Å². The molecule has 2 rings (SSSR count). The zero-order chi connectivity index (χ0) is 17.0. The van der Waals surface area contributed by atoms with E-state index in [-0.39, 0.29) is 35.9 Å². The Bertz CT molecular complexity index is 717. The Labute approximate surface area is 141 Å². The van der Waals surface area contributed by atoms with Crippen molar-refractivity contribution in [2.24, 2.45) is 0 Å². The second kappa shape index (κ2) is 7.34. The van der Waals surface area contributed by atoms with E-state index in [0.29, 0.717) is 9.88 Å². The van der Waals surface area contributed by atoms with Crippen LogP contribution in [0.3, 0.4) is 0 Å². The van der Waals surface area contributed by atoms with Gasteiger partial charge in [-0.2, -0.15) is 0 Å². The van der Waals surface area contributed by atoms with Crippen molar-refractivity contribution in [2.45, 2.75) is 12.8 Å². The van der Waals surface area contributed by atoms with Crippen LogP contribution in [-0.2, 0) is 9.59 Å². The molecule has 9 heteroatoms. The van der Waals surface area contributed by atoms with Gasteiger partial charge in [-0.1, -0.05) is 36.1 Å². The van der Waals surface area contributed by atoms with E-state index >= 15 is 0 Å². The first-order valence-electron chi connectivity index (χ1n) is 6.59. The Morgan fingerprint density at radius 3 is 2.74 bits per heavy atom. The second-order valence-corrected chi connectivity index (χ2v) is 6.30. The number of benzene rings is 1. The van der Waals surface area contributed by atoms with E-state index in [1.54, 1.807) is 18.2 Å². The minimum atomic E-state index is -1.19. The maximum Gasteiger partial charge on any atom is 0.276 e. The molecule has 1 saturated heterocycles. The number of hydrogen-bond acceptors (Lipinski definition) is 7. The van der Waals surface area contributed by atoms with E-state index in [4.69, 9.17) is 12.2 Å². The lowest BCUT2D eigenvalue weighted by molar-refractivity contribution is -0.385. The summed E-state index contributed by atoms with van der Waals surface area (Å²) in [6.07, 6.45) is 1.49. The topological polar surface area (TPSA) is 104 Å². The molecule has 0 bridgehead atoms. The first-order valence-corrected chi connectivity index (χ1v) is 7.81. The van der Waals surface area contributed by atoms with Gasteiger partial charge in [-0.05, 0) is 25.0 Å². The van der Waals surface area contributed by atoms with Gasteiger partial charge in [0.2, 0.25) is 0 Å². The molecular formula is C14H11N2O5S2-. The lowest BCUT2D eigenvalue weighted by Gasteiger charge is -2.14. The summed E-state index contributed by atoms with van der Waals surface area (Å²) in [5.41, 5.74) is 0.211. The third-order valence-corrected chi connectivity index (χ3v) is 4.43. The molecule has 0 spiro atoms. The fourth-order valence-corrected chi connectivity index (χ4v) is 3.29. The van der Waals surface area contributed by atoms with Gasteiger partial charge in [0, 0.05) is 18.6 Å². The average Bonchev–Trinajstić information content (AvgIpc) is 2.74. The summed E-state index contributed by atoms with van der Waals surface area (Å²) < 4.78 is 0.304. The van der Waals surface area contributed by atoms with Crippen LogP contribution >= 0.6 is 24.0 Å². The second-order valence-electron chi connectivity index (χ2n) is 4.62.